The molecule has 8 nitrogen and oxygen atoms in total. The molecule has 0 aliphatic carbocycles. The first kappa shape index (κ1) is 21.5. The van der Waals surface area contributed by atoms with Gasteiger partial charge in [0.1, 0.15) is 5.75 Å². The number of amides is 1. The summed E-state index contributed by atoms with van der Waals surface area (Å²) in [5.74, 6) is 0.0121. The van der Waals surface area contributed by atoms with Crippen molar-refractivity contribution in [2.24, 2.45) is 0 Å². The van der Waals surface area contributed by atoms with Crippen LogP contribution in [-0.4, -0.2) is 30.4 Å². The topological polar surface area (TPSA) is 110 Å². The molecule has 0 fully saturated rings. The number of nitrogens with one attached hydrogen (secondary N) is 2. The summed E-state index contributed by atoms with van der Waals surface area (Å²) in [5.41, 5.74) is 0.427. The predicted octanol–water partition coefficient (Wildman–Crippen LogP) is 3.73. The van der Waals surface area contributed by atoms with Gasteiger partial charge in [-0.3, -0.25) is 4.79 Å². The van der Waals surface area contributed by atoms with E-state index in [4.69, 9.17) is 16.3 Å². The number of hydrogen-bond donors (Lipinski definition) is 2. The zero-order valence-corrected chi connectivity index (χ0v) is 17.5. The SMILES string of the molecule is CCC(Oc1ccccc1Cl)C(=O)Nc1ccc(S(=O)(=O)Nc2ncccn2)cc1. The molecule has 1 heterocycles. The van der Waals surface area contributed by atoms with Crippen LogP contribution in [0.2, 0.25) is 5.02 Å². The van der Waals surface area contributed by atoms with Crippen molar-refractivity contribution in [2.75, 3.05) is 10.0 Å². The van der Waals surface area contributed by atoms with E-state index in [1.807, 2.05) is 6.92 Å². The van der Waals surface area contributed by atoms with Crippen LogP contribution < -0.4 is 14.8 Å². The number of para-hydroxylation sites is 1. The quantitative estimate of drug-likeness (QED) is 0.545. The fourth-order valence-corrected chi connectivity index (χ4v) is 3.63. The van der Waals surface area contributed by atoms with Crippen molar-refractivity contribution in [1.29, 1.82) is 0 Å². The molecule has 0 radical (unpaired) electrons. The lowest BCUT2D eigenvalue weighted by Crippen LogP contribution is -2.32. The maximum atomic E-state index is 12.6. The van der Waals surface area contributed by atoms with Crippen molar-refractivity contribution in [3.05, 3.63) is 72.0 Å². The Kier molecular flexibility index (Phi) is 6.86. The highest BCUT2D eigenvalue weighted by atomic mass is 35.5. The zero-order valence-electron chi connectivity index (χ0n) is 15.9. The Labute approximate surface area is 179 Å². The van der Waals surface area contributed by atoms with Crippen LogP contribution in [0, 0.1) is 0 Å². The van der Waals surface area contributed by atoms with Crippen LogP contribution in [0.4, 0.5) is 11.6 Å². The second-order valence-corrected chi connectivity index (χ2v) is 8.23. The summed E-state index contributed by atoms with van der Waals surface area (Å²) >= 11 is 6.08. The summed E-state index contributed by atoms with van der Waals surface area (Å²) in [7, 11) is -3.85. The molecule has 0 saturated heterocycles. The van der Waals surface area contributed by atoms with E-state index in [-0.39, 0.29) is 16.8 Å². The molecule has 1 atom stereocenters. The Morgan fingerprint density at radius 3 is 2.37 bits per heavy atom. The van der Waals surface area contributed by atoms with E-state index in [1.54, 1.807) is 30.3 Å². The van der Waals surface area contributed by atoms with E-state index >= 15 is 0 Å². The average molecular weight is 447 g/mol. The number of benzene rings is 2. The number of anilines is 2. The van der Waals surface area contributed by atoms with Crippen molar-refractivity contribution >= 4 is 39.2 Å². The lowest BCUT2D eigenvalue weighted by molar-refractivity contribution is -0.122. The number of ether oxygens (including phenoxy) is 1. The molecule has 3 aromatic rings. The van der Waals surface area contributed by atoms with Gasteiger partial charge >= 0.3 is 0 Å². The predicted molar refractivity (Wildman–Crippen MR) is 114 cm³/mol. The molecule has 10 heteroatoms. The Hall–Kier alpha value is -3.17. The number of rotatable bonds is 8. The van der Waals surface area contributed by atoms with Crippen LogP contribution in [0.25, 0.3) is 0 Å². The highest BCUT2D eigenvalue weighted by molar-refractivity contribution is 7.92. The molecule has 0 spiro atoms. The van der Waals surface area contributed by atoms with Gasteiger partial charge in [0.15, 0.2) is 6.10 Å². The number of sulfonamides is 1. The molecule has 1 amide bonds. The molecule has 2 N–H and O–H groups in total. The smallest absolute Gasteiger partial charge is 0.265 e. The van der Waals surface area contributed by atoms with E-state index in [1.165, 1.54) is 36.7 Å². The molecule has 2 aromatic carbocycles. The van der Waals surface area contributed by atoms with Crippen LogP contribution in [0.3, 0.4) is 0 Å². The van der Waals surface area contributed by atoms with Crippen molar-refractivity contribution in [1.82, 2.24) is 9.97 Å². The number of halogens is 1. The highest BCUT2D eigenvalue weighted by Gasteiger charge is 2.20. The van der Waals surface area contributed by atoms with Gasteiger partial charge in [0, 0.05) is 18.1 Å². The van der Waals surface area contributed by atoms with Crippen molar-refractivity contribution in [2.45, 2.75) is 24.3 Å². The van der Waals surface area contributed by atoms with Crippen LogP contribution in [0.5, 0.6) is 5.75 Å². The third-order valence-electron chi connectivity index (χ3n) is 3.99. The molecule has 3 rings (SSSR count). The molecule has 0 aliphatic rings. The zero-order chi connectivity index (χ0) is 21.6. The minimum absolute atomic E-state index is 0.00677. The maximum Gasteiger partial charge on any atom is 0.265 e. The number of carbonyl (C=O) groups excluding carboxylic acids is 1. The van der Waals surface area contributed by atoms with Crippen molar-refractivity contribution in [3.8, 4) is 5.75 Å². The number of carbonyl (C=O) groups is 1. The molecule has 1 aromatic heterocycles. The van der Waals surface area contributed by atoms with E-state index in [0.717, 1.165) is 0 Å². The Balaban J connectivity index is 1.67. The Morgan fingerprint density at radius 2 is 1.73 bits per heavy atom. The summed E-state index contributed by atoms with van der Waals surface area (Å²) in [6.07, 6.45) is 2.52. The summed E-state index contributed by atoms with van der Waals surface area (Å²) in [5, 5.41) is 3.12. The van der Waals surface area contributed by atoms with Gasteiger partial charge in [0.25, 0.3) is 15.9 Å². The lowest BCUT2D eigenvalue weighted by atomic mass is 10.2. The fraction of sp³-hybridized carbons (Fsp3) is 0.150. The highest BCUT2D eigenvalue weighted by Crippen LogP contribution is 2.25. The minimum atomic E-state index is -3.85. The van der Waals surface area contributed by atoms with E-state index in [2.05, 4.69) is 20.0 Å². The maximum absolute atomic E-state index is 12.6. The van der Waals surface area contributed by atoms with Gasteiger partial charge in [-0.05, 0) is 48.9 Å². The number of aromatic nitrogens is 2. The molecule has 0 aliphatic heterocycles. The number of hydrogen-bond acceptors (Lipinski definition) is 6. The second kappa shape index (κ2) is 9.55. The summed E-state index contributed by atoms with van der Waals surface area (Å²) in [4.78, 5) is 20.2. The van der Waals surface area contributed by atoms with Crippen LogP contribution >= 0.6 is 11.6 Å². The van der Waals surface area contributed by atoms with Crippen molar-refractivity contribution < 1.29 is 17.9 Å². The van der Waals surface area contributed by atoms with E-state index in [0.29, 0.717) is 22.9 Å². The monoisotopic (exact) mass is 446 g/mol. The molecule has 156 valence electrons. The molecule has 0 bridgehead atoms. The standard InChI is InChI=1S/C20H19ClN4O4S/c1-2-17(29-18-7-4-3-6-16(18)21)19(26)24-14-8-10-15(11-9-14)30(27,28)25-20-22-12-5-13-23-20/h3-13,17H,2H2,1H3,(H,24,26)(H,22,23,25). The first-order valence-electron chi connectivity index (χ1n) is 9.01. The summed E-state index contributed by atoms with van der Waals surface area (Å²) < 4.78 is 32.8. The molecule has 1 unspecified atom stereocenters. The first-order valence-corrected chi connectivity index (χ1v) is 10.9. The molecular weight excluding hydrogens is 428 g/mol. The molecular formula is C20H19ClN4O4S. The van der Waals surface area contributed by atoms with Gasteiger partial charge in [-0.2, -0.15) is 0 Å². The van der Waals surface area contributed by atoms with Gasteiger partial charge in [-0.15, -0.1) is 0 Å². The van der Waals surface area contributed by atoms with Gasteiger partial charge < -0.3 is 10.1 Å². The summed E-state index contributed by atoms with van der Waals surface area (Å²) in [6.45, 7) is 1.81. The van der Waals surface area contributed by atoms with Gasteiger partial charge in [0.05, 0.1) is 9.92 Å². The van der Waals surface area contributed by atoms with E-state index < -0.39 is 16.1 Å². The average Bonchev–Trinajstić information content (AvgIpc) is 2.74. The first-order chi connectivity index (χ1) is 14.4. The third kappa shape index (κ3) is 5.46. The van der Waals surface area contributed by atoms with Gasteiger partial charge in [-0.25, -0.2) is 23.1 Å². The van der Waals surface area contributed by atoms with E-state index in [9.17, 15) is 13.2 Å². The Morgan fingerprint density at radius 1 is 1.07 bits per heavy atom. The van der Waals surface area contributed by atoms with Gasteiger partial charge in [-0.1, -0.05) is 30.7 Å². The summed E-state index contributed by atoms with van der Waals surface area (Å²) in [6, 6.07) is 14.2. The van der Waals surface area contributed by atoms with Crippen molar-refractivity contribution in [3.63, 3.8) is 0 Å². The Bertz CT molecular complexity index is 1110. The fourth-order valence-electron chi connectivity index (χ4n) is 2.49. The lowest BCUT2D eigenvalue weighted by Gasteiger charge is -2.18. The minimum Gasteiger partial charge on any atom is -0.479 e. The third-order valence-corrected chi connectivity index (χ3v) is 5.65. The number of nitrogens with zero attached hydrogens (tertiary/aromatic N) is 2. The van der Waals surface area contributed by atoms with Crippen LogP contribution in [-0.2, 0) is 14.8 Å². The van der Waals surface area contributed by atoms with Crippen LogP contribution in [0.1, 0.15) is 13.3 Å². The molecule has 30 heavy (non-hydrogen) atoms. The van der Waals surface area contributed by atoms with Gasteiger partial charge in [0.2, 0.25) is 5.95 Å². The largest absolute Gasteiger partial charge is 0.479 e. The second-order valence-electron chi connectivity index (χ2n) is 6.14. The molecule has 0 saturated carbocycles. The normalized spacial score (nSPS) is 12.1. The van der Waals surface area contributed by atoms with Crippen LogP contribution in [0.15, 0.2) is 71.9 Å².